The number of methoxy groups -OCH3 is 1. The second-order valence-corrected chi connectivity index (χ2v) is 4.43. The van der Waals surface area contributed by atoms with E-state index >= 15 is 0 Å². The van der Waals surface area contributed by atoms with Crippen LogP contribution in [0, 0.1) is 13.8 Å². The highest BCUT2D eigenvalue weighted by Gasteiger charge is 2.07. The summed E-state index contributed by atoms with van der Waals surface area (Å²) in [5, 5.41) is 3.45. The lowest BCUT2D eigenvalue weighted by molar-refractivity contribution is 0.409. The molecule has 0 atom stereocenters. The minimum absolute atomic E-state index is 0.827. The van der Waals surface area contributed by atoms with Crippen molar-refractivity contribution >= 4 is 5.69 Å². The Bertz CT molecular complexity index is 520. The number of nitrogens with one attached hydrogen (secondary N) is 1. The van der Waals surface area contributed by atoms with Gasteiger partial charge in [0, 0.05) is 17.8 Å². The summed E-state index contributed by atoms with van der Waals surface area (Å²) in [4.78, 5) is 0. The lowest BCUT2D eigenvalue weighted by atomic mass is 10.1. The molecule has 1 N–H and O–H groups in total. The van der Waals surface area contributed by atoms with E-state index in [9.17, 15) is 0 Å². The van der Waals surface area contributed by atoms with Crippen LogP contribution in [0.15, 0.2) is 42.5 Å². The van der Waals surface area contributed by atoms with Crippen molar-refractivity contribution in [3.8, 4) is 5.75 Å². The average molecular weight is 241 g/mol. The van der Waals surface area contributed by atoms with Gasteiger partial charge in [0.05, 0.1) is 7.11 Å². The third-order valence-electron chi connectivity index (χ3n) is 3.13. The molecule has 2 aromatic rings. The van der Waals surface area contributed by atoms with Crippen LogP contribution >= 0.6 is 0 Å². The second kappa shape index (κ2) is 5.58. The van der Waals surface area contributed by atoms with Crippen LogP contribution in [0.5, 0.6) is 5.75 Å². The Morgan fingerprint density at radius 3 is 2.39 bits per heavy atom. The maximum absolute atomic E-state index is 5.43. The van der Waals surface area contributed by atoms with E-state index in [0.717, 1.165) is 23.5 Å². The fraction of sp³-hybridized carbons (Fsp3) is 0.250. The van der Waals surface area contributed by atoms with Gasteiger partial charge in [-0.2, -0.15) is 0 Å². The standard InChI is InChI=1S/C16H19NO/c1-12-9-10-15(13(2)16(12)18-3)17-11-14-7-5-4-6-8-14/h4-10,17H,11H2,1-3H3. The van der Waals surface area contributed by atoms with Crippen LogP contribution in [0.25, 0.3) is 0 Å². The van der Waals surface area contributed by atoms with E-state index in [0.29, 0.717) is 0 Å². The van der Waals surface area contributed by atoms with Gasteiger partial charge in [0.1, 0.15) is 5.75 Å². The second-order valence-electron chi connectivity index (χ2n) is 4.43. The Labute approximate surface area is 109 Å². The van der Waals surface area contributed by atoms with Gasteiger partial charge < -0.3 is 10.1 Å². The van der Waals surface area contributed by atoms with E-state index < -0.39 is 0 Å². The molecule has 0 bridgehead atoms. The Morgan fingerprint density at radius 2 is 1.72 bits per heavy atom. The molecule has 2 heteroatoms. The number of benzene rings is 2. The van der Waals surface area contributed by atoms with Crippen molar-refractivity contribution in [3.63, 3.8) is 0 Å². The number of hydrogen-bond acceptors (Lipinski definition) is 2. The summed E-state index contributed by atoms with van der Waals surface area (Å²) in [7, 11) is 1.72. The first-order valence-electron chi connectivity index (χ1n) is 6.14. The smallest absolute Gasteiger partial charge is 0.126 e. The topological polar surface area (TPSA) is 21.3 Å². The molecule has 0 spiro atoms. The normalized spacial score (nSPS) is 10.2. The number of aryl methyl sites for hydroxylation is 1. The molecule has 0 aliphatic carbocycles. The monoisotopic (exact) mass is 241 g/mol. The van der Waals surface area contributed by atoms with Gasteiger partial charge >= 0.3 is 0 Å². The molecule has 0 heterocycles. The molecule has 0 radical (unpaired) electrons. The van der Waals surface area contributed by atoms with Gasteiger partial charge in [0.2, 0.25) is 0 Å². The van der Waals surface area contributed by atoms with Crippen molar-refractivity contribution in [2.45, 2.75) is 20.4 Å². The van der Waals surface area contributed by atoms with Crippen LogP contribution in [0.1, 0.15) is 16.7 Å². The molecule has 0 aromatic heterocycles. The van der Waals surface area contributed by atoms with E-state index in [1.807, 2.05) is 6.07 Å². The van der Waals surface area contributed by atoms with E-state index in [1.165, 1.54) is 11.1 Å². The number of rotatable bonds is 4. The maximum Gasteiger partial charge on any atom is 0.126 e. The summed E-state index contributed by atoms with van der Waals surface area (Å²) >= 11 is 0. The Balaban J connectivity index is 2.15. The summed E-state index contributed by atoms with van der Waals surface area (Å²) in [5.74, 6) is 0.966. The predicted molar refractivity (Wildman–Crippen MR) is 76.2 cm³/mol. The van der Waals surface area contributed by atoms with Gasteiger partial charge in [0.25, 0.3) is 0 Å². The first kappa shape index (κ1) is 12.5. The van der Waals surface area contributed by atoms with Crippen molar-refractivity contribution in [2.24, 2.45) is 0 Å². The quantitative estimate of drug-likeness (QED) is 0.875. The van der Waals surface area contributed by atoms with Gasteiger partial charge in [-0.1, -0.05) is 36.4 Å². The lowest BCUT2D eigenvalue weighted by Gasteiger charge is -2.14. The van der Waals surface area contributed by atoms with Crippen molar-refractivity contribution in [3.05, 3.63) is 59.2 Å². The fourth-order valence-electron chi connectivity index (χ4n) is 2.13. The molecule has 2 rings (SSSR count). The predicted octanol–water partition coefficient (Wildman–Crippen LogP) is 3.92. The van der Waals surface area contributed by atoms with E-state index in [2.05, 4.69) is 55.6 Å². The molecule has 0 amide bonds. The fourth-order valence-corrected chi connectivity index (χ4v) is 2.13. The highest BCUT2D eigenvalue weighted by Crippen LogP contribution is 2.29. The zero-order valence-electron chi connectivity index (χ0n) is 11.2. The van der Waals surface area contributed by atoms with E-state index in [4.69, 9.17) is 4.74 Å². The molecule has 18 heavy (non-hydrogen) atoms. The Kier molecular flexibility index (Phi) is 3.88. The minimum Gasteiger partial charge on any atom is -0.496 e. The summed E-state index contributed by atoms with van der Waals surface area (Å²) in [6, 6.07) is 14.6. The van der Waals surface area contributed by atoms with E-state index in [-0.39, 0.29) is 0 Å². The van der Waals surface area contributed by atoms with Crippen LogP contribution in [0.4, 0.5) is 5.69 Å². The molecule has 0 saturated heterocycles. The van der Waals surface area contributed by atoms with Gasteiger partial charge in [-0.3, -0.25) is 0 Å². The molecule has 0 aliphatic heterocycles. The molecule has 0 saturated carbocycles. The maximum atomic E-state index is 5.43. The van der Waals surface area contributed by atoms with Crippen molar-refractivity contribution in [2.75, 3.05) is 12.4 Å². The summed E-state index contributed by atoms with van der Waals surface area (Å²) in [5.41, 5.74) is 4.73. The first-order chi connectivity index (χ1) is 8.72. The van der Waals surface area contributed by atoms with Gasteiger partial charge in [0.15, 0.2) is 0 Å². The van der Waals surface area contributed by atoms with Crippen molar-refractivity contribution < 1.29 is 4.74 Å². The highest BCUT2D eigenvalue weighted by molar-refractivity contribution is 5.59. The van der Waals surface area contributed by atoms with Crippen LogP contribution < -0.4 is 10.1 Å². The van der Waals surface area contributed by atoms with Gasteiger partial charge in [-0.15, -0.1) is 0 Å². The summed E-state index contributed by atoms with van der Waals surface area (Å²) in [6.07, 6.45) is 0. The van der Waals surface area contributed by atoms with E-state index in [1.54, 1.807) is 7.11 Å². The largest absolute Gasteiger partial charge is 0.496 e. The molecule has 2 nitrogen and oxygen atoms in total. The molecule has 2 aromatic carbocycles. The van der Waals surface area contributed by atoms with Crippen molar-refractivity contribution in [1.82, 2.24) is 0 Å². The SMILES string of the molecule is COc1c(C)ccc(NCc2ccccc2)c1C. The molecular weight excluding hydrogens is 222 g/mol. The molecule has 0 unspecified atom stereocenters. The van der Waals surface area contributed by atoms with Crippen LogP contribution in [-0.2, 0) is 6.54 Å². The lowest BCUT2D eigenvalue weighted by Crippen LogP contribution is -2.02. The number of ether oxygens (including phenoxy) is 1. The number of anilines is 1. The summed E-state index contributed by atoms with van der Waals surface area (Å²) in [6.45, 7) is 4.97. The highest BCUT2D eigenvalue weighted by atomic mass is 16.5. The molecular formula is C16H19NO. The van der Waals surface area contributed by atoms with Gasteiger partial charge in [-0.25, -0.2) is 0 Å². The minimum atomic E-state index is 0.827. The van der Waals surface area contributed by atoms with Crippen LogP contribution in [0.2, 0.25) is 0 Å². The van der Waals surface area contributed by atoms with Crippen LogP contribution in [-0.4, -0.2) is 7.11 Å². The zero-order valence-corrected chi connectivity index (χ0v) is 11.2. The van der Waals surface area contributed by atoms with Crippen LogP contribution in [0.3, 0.4) is 0 Å². The third kappa shape index (κ3) is 2.65. The zero-order chi connectivity index (χ0) is 13.0. The molecule has 0 fully saturated rings. The first-order valence-corrected chi connectivity index (χ1v) is 6.14. The Hall–Kier alpha value is -1.96. The van der Waals surface area contributed by atoms with Crippen molar-refractivity contribution in [1.29, 1.82) is 0 Å². The Morgan fingerprint density at radius 1 is 1.00 bits per heavy atom. The van der Waals surface area contributed by atoms with Gasteiger partial charge in [-0.05, 0) is 31.0 Å². The molecule has 0 aliphatic rings. The summed E-state index contributed by atoms with van der Waals surface area (Å²) < 4.78 is 5.43. The third-order valence-corrected chi connectivity index (χ3v) is 3.13. The average Bonchev–Trinajstić information content (AvgIpc) is 2.40. The molecule has 94 valence electrons. The number of hydrogen-bond donors (Lipinski definition) is 1.